The highest BCUT2D eigenvalue weighted by Crippen LogP contribution is 2.33. The van der Waals surface area contributed by atoms with Gasteiger partial charge in [0.25, 0.3) is 5.91 Å². The summed E-state index contributed by atoms with van der Waals surface area (Å²) in [5.74, 6) is -2.08. The number of hydrogen-bond donors (Lipinski definition) is 2. The molecule has 0 spiro atoms. The van der Waals surface area contributed by atoms with E-state index in [-0.39, 0.29) is 5.91 Å². The van der Waals surface area contributed by atoms with Crippen molar-refractivity contribution in [2.75, 3.05) is 11.9 Å². The molecular weight excluding hydrogens is 386 g/mol. The largest absolute Gasteiger partial charge is 0.354 e. The number of amides is 1. The SMILES string of the molecule is O=C1NCCc2nc(-c3ccc(F)c(F)c3)cc(Nc3cccc4ncccc34)c21. The van der Waals surface area contributed by atoms with Gasteiger partial charge in [-0.25, -0.2) is 8.78 Å². The van der Waals surface area contributed by atoms with E-state index in [4.69, 9.17) is 0 Å². The molecule has 3 heterocycles. The van der Waals surface area contributed by atoms with Gasteiger partial charge < -0.3 is 10.6 Å². The molecule has 0 radical (unpaired) electrons. The molecule has 5 nitrogen and oxygen atoms in total. The lowest BCUT2D eigenvalue weighted by Gasteiger charge is -2.21. The Morgan fingerprint density at radius 1 is 0.967 bits per heavy atom. The molecule has 0 saturated heterocycles. The molecule has 7 heteroatoms. The molecule has 148 valence electrons. The number of benzene rings is 2. The van der Waals surface area contributed by atoms with Gasteiger partial charge in [0.2, 0.25) is 0 Å². The van der Waals surface area contributed by atoms with Crippen LogP contribution in [0.3, 0.4) is 0 Å². The van der Waals surface area contributed by atoms with Crippen LogP contribution in [0.25, 0.3) is 22.2 Å². The zero-order valence-electron chi connectivity index (χ0n) is 15.7. The van der Waals surface area contributed by atoms with Gasteiger partial charge in [0.1, 0.15) is 0 Å². The number of anilines is 2. The standard InChI is InChI=1S/C23H16F2N4O/c24-15-7-6-13(11-16(15)25)20-12-21(22-19(29-20)8-10-27-23(22)30)28-18-5-1-4-17-14(18)3-2-9-26-17/h1-7,9,11-12H,8,10H2,(H,27,30)(H,28,29). The molecular formula is C23H16F2N4O. The van der Waals surface area contributed by atoms with Crippen molar-refractivity contribution in [1.29, 1.82) is 0 Å². The Hall–Kier alpha value is -3.87. The molecule has 0 unspecified atom stereocenters. The molecule has 2 N–H and O–H groups in total. The Balaban J connectivity index is 1.67. The van der Waals surface area contributed by atoms with Crippen molar-refractivity contribution in [3.8, 4) is 11.3 Å². The van der Waals surface area contributed by atoms with E-state index in [1.807, 2.05) is 30.3 Å². The molecule has 30 heavy (non-hydrogen) atoms. The Bertz CT molecular complexity index is 1300. The van der Waals surface area contributed by atoms with Crippen LogP contribution in [0.5, 0.6) is 0 Å². The second-order valence-corrected chi connectivity index (χ2v) is 7.01. The third-order valence-corrected chi connectivity index (χ3v) is 5.10. The van der Waals surface area contributed by atoms with Crippen LogP contribution in [-0.2, 0) is 6.42 Å². The molecule has 0 aliphatic carbocycles. The van der Waals surface area contributed by atoms with Gasteiger partial charge >= 0.3 is 0 Å². The Morgan fingerprint density at radius 3 is 2.73 bits per heavy atom. The third kappa shape index (κ3) is 3.14. The summed E-state index contributed by atoms with van der Waals surface area (Å²) in [5, 5.41) is 7.07. The van der Waals surface area contributed by atoms with E-state index in [0.29, 0.717) is 41.2 Å². The summed E-state index contributed by atoms with van der Waals surface area (Å²) in [6.45, 7) is 0.470. The lowest BCUT2D eigenvalue weighted by atomic mass is 10.0. The fourth-order valence-electron chi connectivity index (χ4n) is 3.67. The molecule has 0 bridgehead atoms. The van der Waals surface area contributed by atoms with E-state index in [0.717, 1.165) is 28.7 Å². The Labute approximate surface area is 170 Å². The van der Waals surface area contributed by atoms with Crippen LogP contribution in [0.1, 0.15) is 16.1 Å². The van der Waals surface area contributed by atoms with Crippen molar-refractivity contribution in [1.82, 2.24) is 15.3 Å². The van der Waals surface area contributed by atoms with Crippen LogP contribution < -0.4 is 10.6 Å². The van der Waals surface area contributed by atoms with Crippen LogP contribution >= 0.6 is 0 Å². The highest BCUT2D eigenvalue weighted by molar-refractivity contribution is 6.04. The third-order valence-electron chi connectivity index (χ3n) is 5.10. The van der Waals surface area contributed by atoms with E-state index in [9.17, 15) is 13.6 Å². The van der Waals surface area contributed by atoms with Gasteiger partial charge in [-0.15, -0.1) is 0 Å². The first-order chi connectivity index (χ1) is 14.6. The summed E-state index contributed by atoms with van der Waals surface area (Å²) in [6.07, 6.45) is 2.26. The fourth-order valence-corrected chi connectivity index (χ4v) is 3.67. The van der Waals surface area contributed by atoms with Crippen molar-refractivity contribution in [3.05, 3.63) is 83.7 Å². The predicted octanol–water partition coefficient (Wildman–Crippen LogP) is 4.60. The smallest absolute Gasteiger partial charge is 0.255 e. The van der Waals surface area contributed by atoms with Crippen molar-refractivity contribution >= 4 is 28.2 Å². The number of nitrogens with one attached hydrogen (secondary N) is 2. The monoisotopic (exact) mass is 402 g/mol. The molecule has 0 saturated carbocycles. The summed E-state index contributed by atoms with van der Waals surface area (Å²) in [4.78, 5) is 21.5. The van der Waals surface area contributed by atoms with E-state index < -0.39 is 11.6 Å². The molecule has 1 aliphatic heterocycles. The molecule has 1 amide bonds. The predicted molar refractivity (Wildman–Crippen MR) is 111 cm³/mol. The minimum absolute atomic E-state index is 0.221. The molecule has 2 aromatic heterocycles. The number of rotatable bonds is 3. The van der Waals surface area contributed by atoms with Crippen molar-refractivity contribution in [3.63, 3.8) is 0 Å². The summed E-state index contributed by atoms with van der Waals surface area (Å²) in [7, 11) is 0. The number of carbonyl (C=O) groups excluding carboxylic acids is 1. The molecule has 5 rings (SSSR count). The summed E-state index contributed by atoms with van der Waals surface area (Å²) in [6, 6.07) is 14.8. The maximum atomic E-state index is 13.8. The van der Waals surface area contributed by atoms with Gasteiger partial charge in [-0.05, 0) is 48.5 Å². The number of pyridine rings is 2. The number of hydrogen-bond acceptors (Lipinski definition) is 4. The minimum Gasteiger partial charge on any atom is -0.354 e. The molecule has 4 aromatic rings. The average Bonchev–Trinajstić information content (AvgIpc) is 2.76. The number of aromatic nitrogens is 2. The zero-order chi connectivity index (χ0) is 20.7. The van der Waals surface area contributed by atoms with Crippen molar-refractivity contribution in [2.45, 2.75) is 6.42 Å². The Morgan fingerprint density at radius 2 is 1.87 bits per heavy atom. The van der Waals surface area contributed by atoms with Crippen LogP contribution in [0.4, 0.5) is 20.2 Å². The van der Waals surface area contributed by atoms with E-state index in [1.165, 1.54) is 6.07 Å². The number of carbonyl (C=O) groups is 1. The van der Waals surface area contributed by atoms with Crippen LogP contribution in [0.15, 0.2) is 60.8 Å². The second-order valence-electron chi connectivity index (χ2n) is 7.01. The van der Waals surface area contributed by atoms with Gasteiger partial charge in [0.15, 0.2) is 11.6 Å². The fraction of sp³-hybridized carbons (Fsp3) is 0.0870. The average molecular weight is 402 g/mol. The van der Waals surface area contributed by atoms with Gasteiger partial charge in [0.05, 0.1) is 28.2 Å². The maximum absolute atomic E-state index is 13.8. The first-order valence-corrected chi connectivity index (χ1v) is 9.48. The minimum atomic E-state index is -0.945. The van der Waals surface area contributed by atoms with Crippen LogP contribution in [-0.4, -0.2) is 22.4 Å². The first kappa shape index (κ1) is 18.2. The highest BCUT2D eigenvalue weighted by Gasteiger charge is 2.24. The van der Waals surface area contributed by atoms with Gasteiger partial charge in [-0.2, -0.15) is 0 Å². The van der Waals surface area contributed by atoms with Gasteiger partial charge in [-0.3, -0.25) is 14.8 Å². The molecule has 1 aliphatic rings. The second kappa shape index (κ2) is 7.18. The topological polar surface area (TPSA) is 66.9 Å². The molecule has 0 fully saturated rings. The first-order valence-electron chi connectivity index (χ1n) is 9.48. The van der Waals surface area contributed by atoms with E-state index in [1.54, 1.807) is 12.3 Å². The number of nitrogens with zero attached hydrogens (tertiary/aromatic N) is 2. The van der Waals surface area contributed by atoms with Crippen molar-refractivity contribution in [2.24, 2.45) is 0 Å². The zero-order valence-corrected chi connectivity index (χ0v) is 15.7. The maximum Gasteiger partial charge on any atom is 0.255 e. The summed E-state index contributed by atoms with van der Waals surface area (Å²) < 4.78 is 27.2. The van der Waals surface area contributed by atoms with Gasteiger partial charge in [0, 0.05) is 35.8 Å². The molecule has 2 aromatic carbocycles. The Kier molecular flexibility index (Phi) is 4.35. The lowest BCUT2D eigenvalue weighted by molar-refractivity contribution is 0.0946. The number of fused-ring (bicyclic) bond motifs is 2. The number of halogens is 2. The quantitative estimate of drug-likeness (QED) is 0.525. The lowest BCUT2D eigenvalue weighted by Crippen LogP contribution is -2.33. The van der Waals surface area contributed by atoms with Gasteiger partial charge in [-0.1, -0.05) is 6.07 Å². The summed E-state index contributed by atoms with van der Waals surface area (Å²) >= 11 is 0. The van der Waals surface area contributed by atoms with E-state index >= 15 is 0 Å². The summed E-state index contributed by atoms with van der Waals surface area (Å²) in [5.41, 5.74) is 4.11. The van der Waals surface area contributed by atoms with E-state index in [2.05, 4.69) is 20.6 Å². The normalized spacial score (nSPS) is 13.1. The van der Waals surface area contributed by atoms with Crippen LogP contribution in [0, 0.1) is 11.6 Å². The van der Waals surface area contributed by atoms with Crippen molar-refractivity contribution < 1.29 is 13.6 Å². The molecule has 0 atom stereocenters. The van der Waals surface area contributed by atoms with Crippen LogP contribution in [0.2, 0.25) is 0 Å². The highest BCUT2D eigenvalue weighted by atomic mass is 19.2.